The topological polar surface area (TPSA) is 56.2 Å². The predicted octanol–water partition coefficient (Wildman–Crippen LogP) is 2.03. The van der Waals surface area contributed by atoms with Crippen LogP contribution in [0.4, 0.5) is 5.69 Å². The number of anilines is 1. The Morgan fingerprint density at radius 3 is 2.60 bits per heavy atom. The minimum atomic E-state index is 0. The van der Waals surface area contributed by atoms with E-state index in [1.165, 1.54) is 12.8 Å². The molecular formula is C9H12Cl2N4. The number of hydrogen-bond acceptors (Lipinski definition) is 3. The summed E-state index contributed by atoms with van der Waals surface area (Å²) in [6.45, 7) is 0. The zero-order chi connectivity index (χ0) is 8.84. The molecule has 2 heterocycles. The van der Waals surface area contributed by atoms with Crippen molar-refractivity contribution in [3.05, 3.63) is 24.2 Å². The lowest BCUT2D eigenvalue weighted by Crippen LogP contribution is -1.94. The van der Waals surface area contributed by atoms with E-state index in [4.69, 9.17) is 5.73 Å². The van der Waals surface area contributed by atoms with Crippen LogP contribution >= 0.6 is 24.8 Å². The second-order valence-corrected chi connectivity index (χ2v) is 3.52. The number of fused-ring (bicyclic) bond motifs is 1. The molecule has 15 heavy (non-hydrogen) atoms. The lowest BCUT2D eigenvalue weighted by atomic mass is 10.3. The molecule has 82 valence electrons. The normalized spacial score (nSPS) is 14.4. The summed E-state index contributed by atoms with van der Waals surface area (Å²) >= 11 is 0. The van der Waals surface area contributed by atoms with E-state index >= 15 is 0 Å². The van der Waals surface area contributed by atoms with Crippen LogP contribution in [0.15, 0.2) is 18.3 Å². The van der Waals surface area contributed by atoms with Crippen molar-refractivity contribution in [3.8, 4) is 0 Å². The molecule has 1 saturated carbocycles. The Morgan fingerprint density at radius 1 is 1.20 bits per heavy atom. The molecule has 2 aromatic rings. The van der Waals surface area contributed by atoms with E-state index in [1.54, 1.807) is 0 Å². The minimum Gasteiger partial charge on any atom is -0.398 e. The molecule has 6 heteroatoms. The van der Waals surface area contributed by atoms with E-state index in [2.05, 4.69) is 10.2 Å². The maximum Gasteiger partial charge on any atom is 0.160 e. The van der Waals surface area contributed by atoms with Crippen molar-refractivity contribution in [2.24, 2.45) is 0 Å². The van der Waals surface area contributed by atoms with Gasteiger partial charge in [0.2, 0.25) is 0 Å². The molecule has 0 saturated heterocycles. The molecule has 0 bridgehead atoms. The van der Waals surface area contributed by atoms with Crippen molar-refractivity contribution in [3.63, 3.8) is 0 Å². The maximum atomic E-state index is 5.70. The summed E-state index contributed by atoms with van der Waals surface area (Å²) in [6.07, 6.45) is 4.36. The molecular weight excluding hydrogens is 235 g/mol. The Labute approximate surface area is 99.7 Å². The first-order chi connectivity index (χ1) is 6.34. The van der Waals surface area contributed by atoms with Gasteiger partial charge in [-0.3, -0.25) is 4.40 Å². The van der Waals surface area contributed by atoms with Gasteiger partial charge in [-0.25, -0.2) is 0 Å². The number of pyridine rings is 1. The van der Waals surface area contributed by atoms with Crippen LogP contribution in [-0.2, 0) is 0 Å². The smallest absolute Gasteiger partial charge is 0.160 e. The fraction of sp³-hybridized carbons (Fsp3) is 0.333. The highest BCUT2D eigenvalue weighted by molar-refractivity contribution is 5.85. The number of nitrogens with zero attached hydrogens (tertiary/aromatic N) is 3. The molecule has 0 amide bonds. The van der Waals surface area contributed by atoms with Crippen molar-refractivity contribution in [2.45, 2.75) is 18.8 Å². The van der Waals surface area contributed by atoms with Gasteiger partial charge in [0.25, 0.3) is 0 Å². The first kappa shape index (κ1) is 12.1. The standard InChI is InChI=1S/C9H10N4.2ClH/c10-7-3-4-8-11-12-9(6-1-2-6)13(8)5-7;;/h3-6H,1-2,10H2;2*1H. The minimum absolute atomic E-state index is 0. The lowest BCUT2D eigenvalue weighted by molar-refractivity contribution is 0.898. The second kappa shape index (κ2) is 4.24. The second-order valence-electron chi connectivity index (χ2n) is 3.52. The van der Waals surface area contributed by atoms with Crippen LogP contribution < -0.4 is 5.73 Å². The third-order valence-electron chi connectivity index (χ3n) is 2.39. The highest BCUT2D eigenvalue weighted by Gasteiger charge is 2.28. The first-order valence-electron chi connectivity index (χ1n) is 4.45. The van der Waals surface area contributed by atoms with E-state index in [0.29, 0.717) is 5.92 Å². The fourth-order valence-electron chi connectivity index (χ4n) is 1.54. The Morgan fingerprint density at radius 2 is 1.93 bits per heavy atom. The van der Waals surface area contributed by atoms with Gasteiger partial charge < -0.3 is 5.73 Å². The number of hydrogen-bond donors (Lipinski definition) is 1. The zero-order valence-corrected chi connectivity index (χ0v) is 9.59. The summed E-state index contributed by atoms with van der Waals surface area (Å²) in [5.74, 6) is 1.67. The highest BCUT2D eigenvalue weighted by Crippen LogP contribution is 2.38. The monoisotopic (exact) mass is 246 g/mol. The summed E-state index contributed by atoms with van der Waals surface area (Å²) in [4.78, 5) is 0. The summed E-state index contributed by atoms with van der Waals surface area (Å²) in [6, 6.07) is 3.74. The highest BCUT2D eigenvalue weighted by atomic mass is 35.5. The molecule has 0 radical (unpaired) electrons. The third kappa shape index (κ3) is 2.01. The molecule has 3 rings (SSSR count). The number of rotatable bonds is 1. The van der Waals surface area contributed by atoms with E-state index in [1.807, 2.05) is 22.7 Å². The number of nitrogens with two attached hydrogens (primary N) is 1. The van der Waals surface area contributed by atoms with Gasteiger partial charge in [-0.2, -0.15) is 0 Å². The van der Waals surface area contributed by atoms with Crippen LogP contribution in [0.25, 0.3) is 5.65 Å². The molecule has 1 aliphatic rings. The summed E-state index contributed by atoms with van der Waals surface area (Å²) in [7, 11) is 0. The number of halogens is 2. The van der Waals surface area contributed by atoms with Crippen LogP contribution in [0.5, 0.6) is 0 Å². The molecule has 0 atom stereocenters. The Hall–Kier alpha value is -1.00. The Bertz CT molecular complexity index is 464. The van der Waals surface area contributed by atoms with E-state index in [-0.39, 0.29) is 24.8 Å². The van der Waals surface area contributed by atoms with Gasteiger partial charge in [0.15, 0.2) is 5.65 Å². The summed E-state index contributed by atoms with van der Waals surface area (Å²) in [5, 5.41) is 8.23. The largest absolute Gasteiger partial charge is 0.398 e. The van der Waals surface area contributed by atoms with E-state index < -0.39 is 0 Å². The van der Waals surface area contributed by atoms with Gasteiger partial charge in [-0.05, 0) is 25.0 Å². The summed E-state index contributed by atoms with van der Waals surface area (Å²) < 4.78 is 1.99. The number of nitrogen functional groups attached to an aromatic ring is 1. The Kier molecular flexibility index (Phi) is 3.42. The lowest BCUT2D eigenvalue weighted by Gasteiger charge is -1.97. The van der Waals surface area contributed by atoms with Gasteiger partial charge in [0, 0.05) is 17.8 Å². The first-order valence-corrected chi connectivity index (χ1v) is 4.45. The number of aromatic nitrogens is 3. The SMILES string of the molecule is Cl.Cl.Nc1ccc2nnc(C3CC3)n2c1. The molecule has 0 unspecified atom stereocenters. The van der Waals surface area contributed by atoms with Crippen LogP contribution in [-0.4, -0.2) is 14.6 Å². The molecule has 0 aliphatic heterocycles. The average Bonchev–Trinajstić information content (AvgIpc) is 2.87. The van der Waals surface area contributed by atoms with Crippen molar-refractivity contribution < 1.29 is 0 Å². The molecule has 2 aromatic heterocycles. The van der Waals surface area contributed by atoms with Crippen LogP contribution in [0.3, 0.4) is 0 Å². The molecule has 1 fully saturated rings. The maximum absolute atomic E-state index is 5.70. The summed E-state index contributed by atoms with van der Waals surface area (Å²) in [5.41, 5.74) is 7.34. The van der Waals surface area contributed by atoms with Crippen LogP contribution in [0.2, 0.25) is 0 Å². The van der Waals surface area contributed by atoms with Gasteiger partial charge in [0.1, 0.15) is 5.82 Å². The Balaban J connectivity index is 0.000000562. The molecule has 0 aromatic carbocycles. The molecule has 1 aliphatic carbocycles. The van der Waals surface area contributed by atoms with Gasteiger partial charge in [0.05, 0.1) is 0 Å². The van der Waals surface area contributed by atoms with Crippen LogP contribution in [0.1, 0.15) is 24.6 Å². The molecule has 0 spiro atoms. The van der Waals surface area contributed by atoms with E-state index in [9.17, 15) is 0 Å². The van der Waals surface area contributed by atoms with Gasteiger partial charge >= 0.3 is 0 Å². The van der Waals surface area contributed by atoms with Crippen molar-refractivity contribution in [1.82, 2.24) is 14.6 Å². The van der Waals surface area contributed by atoms with Crippen molar-refractivity contribution >= 4 is 36.1 Å². The van der Waals surface area contributed by atoms with E-state index in [0.717, 1.165) is 17.2 Å². The molecule has 4 nitrogen and oxygen atoms in total. The van der Waals surface area contributed by atoms with Crippen molar-refractivity contribution in [2.75, 3.05) is 5.73 Å². The predicted molar refractivity (Wildman–Crippen MR) is 63.9 cm³/mol. The van der Waals surface area contributed by atoms with Crippen LogP contribution in [0, 0.1) is 0 Å². The van der Waals surface area contributed by atoms with Gasteiger partial charge in [-0.1, -0.05) is 0 Å². The van der Waals surface area contributed by atoms with Gasteiger partial charge in [-0.15, -0.1) is 35.0 Å². The quantitative estimate of drug-likeness (QED) is 0.838. The fourth-order valence-corrected chi connectivity index (χ4v) is 1.54. The zero-order valence-electron chi connectivity index (χ0n) is 7.96. The van der Waals surface area contributed by atoms with Crippen molar-refractivity contribution in [1.29, 1.82) is 0 Å². The average molecular weight is 247 g/mol. The molecule has 2 N–H and O–H groups in total. The third-order valence-corrected chi connectivity index (χ3v) is 2.39.